The van der Waals surface area contributed by atoms with Crippen LogP contribution in [0.25, 0.3) is 11.4 Å². The largest absolute Gasteiger partial charge is 0.338 e. The zero-order valence-electron chi connectivity index (χ0n) is 11.9. The molecule has 1 saturated heterocycles. The molecule has 1 aromatic carbocycles. The zero-order valence-corrected chi connectivity index (χ0v) is 11.9. The smallest absolute Gasteiger partial charge is 0.240 e. The Morgan fingerprint density at radius 2 is 2.25 bits per heavy atom. The van der Waals surface area contributed by atoms with Crippen molar-refractivity contribution in [1.82, 2.24) is 20.8 Å². The third kappa shape index (κ3) is 2.73. The molecule has 2 aromatic rings. The summed E-state index contributed by atoms with van der Waals surface area (Å²) in [5, 5.41) is 10.9. The van der Waals surface area contributed by atoms with Crippen LogP contribution in [0.3, 0.4) is 0 Å². The average molecular weight is 272 g/mol. The van der Waals surface area contributed by atoms with E-state index in [0.717, 1.165) is 30.6 Å². The summed E-state index contributed by atoms with van der Waals surface area (Å²) in [6.07, 6.45) is 1.12. The van der Waals surface area contributed by atoms with Crippen LogP contribution < -0.4 is 10.6 Å². The Balaban J connectivity index is 1.70. The highest BCUT2D eigenvalue weighted by Crippen LogP contribution is 2.20. The Bertz CT molecular complexity index is 587. The van der Waals surface area contributed by atoms with E-state index >= 15 is 0 Å². The van der Waals surface area contributed by atoms with E-state index in [1.165, 1.54) is 0 Å². The maximum absolute atomic E-state index is 5.33. The van der Waals surface area contributed by atoms with E-state index in [1.807, 2.05) is 18.2 Å². The molecule has 1 aromatic heterocycles. The van der Waals surface area contributed by atoms with Crippen LogP contribution in [0.1, 0.15) is 24.8 Å². The standard InChI is InChI=1S/C15H20N4O/c1-11-5-3-4-6-12(11)14-18-13(20-19-14)9-17-15(2)7-8-16-10-15/h3-6,16-17H,7-10H2,1-2H3. The van der Waals surface area contributed by atoms with Crippen molar-refractivity contribution in [3.63, 3.8) is 0 Å². The van der Waals surface area contributed by atoms with Crippen LogP contribution in [-0.4, -0.2) is 28.8 Å². The summed E-state index contributed by atoms with van der Waals surface area (Å²) in [7, 11) is 0. The van der Waals surface area contributed by atoms with Gasteiger partial charge in [-0.1, -0.05) is 29.4 Å². The van der Waals surface area contributed by atoms with Crippen molar-refractivity contribution in [1.29, 1.82) is 0 Å². The van der Waals surface area contributed by atoms with Gasteiger partial charge >= 0.3 is 0 Å². The van der Waals surface area contributed by atoms with Gasteiger partial charge in [0.15, 0.2) is 0 Å². The van der Waals surface area contributed by atoms with Crippen LogP contribution >= 0.6 is 0 Å². The Morgan fingerprint density at radius 1 is 1.40 bits per heavy atom. The zero-order chi connectivity index (χ0) is 14.0. The lowest BCUT2D eigenvalue weighted by molar-refractivity contribution is 0.323. The van der Waals surface area contributed by atoms with Gasteiger partial charge in [-0.3, -0.25) is 0 Å². The van der Waals surface area contributed by atoms with Crippen molar-refractivity contribution >= 4 is 0 Å². The molecule has 1 aliphatic rings. The number of aromatic nitrogens is 2. The maximum Gasteiger partial charge on any atom is 0.240 e. The lowest BCUT2D eigenvalue weighted by Gasteiger charge is -2.23. The third-order valence-corrected chi connectivity index (χ3v) is 3.89. The molecule has 0 aliphatic carbocycles. The second-order valence-electron chi connectivity index (χ2n) is 5.67. The molecule has 1 unspecified atom stereocenters. The Labute approximate surface area is 118 Å². The fraction of sp³-hybridized carbons (Fsp3) is 0.467. The van der Waals surface area contributed by atoms with Crippen LogP contribution in [0.2, 0.25) is 0 Å². The van der Waals surface area contributed by atoms with Gasteiger partial charge in [-0.25, -0.2) is 0 Å². The lowest BCUT2D eigenvalue weighted by Crippen LogP contribution is -2.43. The predicted molar refractivity (Wildman–Crippen MR) is 77.2 cm³/mol. The highest BCUT2D eigenvalue weighted by atomic mass is 16.5. The van der Waals surface area contributed by atoms with Crippen LogP contribution in [-0.2, 0) is 6.54 Å². The second-order valence-corrected chi connectivity index (χ2v) is 5.67. The van der Waals surface area contributed by atoms with E-state index < -0.39 is 0 Å². The van der Waals surface area contributed by atoms with E-state index in [-0.39, 0.29) is 5.54 Å². The van der Waals surface area contributed by atoms with Crippen molar-refractivity contribution in [3.05, 3.63) is 35.7 Å². The number of benzene rings is 1. The summed E-state index contributed by atoms with van der Waals surface area (Å²) in [6.45, 7) is 6.91. The molecule has 1 fully saturated rings. The van der Waals surface area contributed by atoms with Crippen molar-refractivity contribution in [2.24, 2.45) is 0 Å². The van der Waals surface area contributed by atoms with E-state index in [0.29, 0.717) is 18.3 Å². The van der Waals surface area contributed by atoms with E-state index in [4.69, 9.17) is 4.52 Å². The van der Waals surface area contributed by atoms with Crippen LogP contribution in [0, 0.1) is 6.92 Å². The van der Waals surface area contributed by atoms with Crippen LogP contribution in [0.15, 0.2) is 28.8 Å². The molecule has 0 amide bonds. The van der Waals surface area contributed by atoms with E-state index in [2.05, 4.69) is 40.7 Å². The van der Waals surface area contributed by atoms with Crippen molar-refractivity contribution in [3.8, 4) is 11.4 Å². The summed E-state index contributed by atoms with van der Waals surface area (Å²) < 4.78 is 5.33. The minimum absolute atomic E-state index is 0.122. The van der Waals surface area contributed by atoms with Gasteiger partial charge in [0, 0.05) is 17.6 Å². The first-order chi connectivity index (χ1) is 9.66. The maximum atomic E-state index is 5.33. The summed E-state index contributed by atoms with van der Waals surface area (Å²) in [5.41, 5.74) is 2.30. The van der Waals surface area contributed by atoms with Crippen molar-refractivity contribution < 1.29 is 4.52 Å². The minimum Gasteiger partial charge on any atom is -0.338 e. The molecule has 1 atom stereocenters. The van der Waals surface area contributed by atoms with Gasteiger partial charge in [0.05, 0.1) is 6.54 Å². The van der Waals surface area contributed by atoms with Gasteiger partial charge in [-0.15, -0.1) is 0 Å². The molecule has 1 aliphatic heterocycles. The van der Waals surface area contributed by atoms with Gasteiger partial charge in [0.25, 0.3) is 0 Å². The van der Waals surface area contributed by atoms with Crippen molar-refractivity contribution in [2.45, 2.75) is 32.4 Å². The molecule has 0 spiro atoms. The topological polar surface area (TPSA) is 63.0 Å². The Kier molecular flexibility index (Phi) is 3.54. The summed E-state index contributed by atoms with van der Waals surface area (Å²) in [4.78, 5) is 4.47. The van der Waals surface area contributed by atoms with Gasteiger partial charge < -0.3 is 15.2 Å². The van der Waals surface area contributed by atoms with E-state index in [1.54, 1.807) is 0 Å². The Morgan fingerprint density at radius 3 is 3.00 bits per heavy atom. The molecule has 106 valence electrons. The number of hydrogen-bond acceptors (Lipinski definition) is 5. The fourth-order valence-corrected chi connectivity index (χ4v) is 2.52. The number of rotatable bonds is 4. The van der Waals surface area contributed by atoms with Gasteiger partial charge in [0.1, 0.15) is 0 Å². The van der Waals surface area contributed by atoms with E-state index in [9.17, 15) is 0 Å². The van der Waals surface area contributed by atoms with Gasteiger partial charge in [-0.05, 0) is 32.4 Å². The molecule has 20 heavy (non-hydrogen) atoms. The molecule has 0 saturated carbocycles. The van der Waals surface area contributed by atoms with Crippen LogP contribution in [0.4, 0.5) is 0 Å². The molecule has 5 nitrogen and oxygen atoms in total. The molecule has 2 N–H and O–H groups in total. The molecular weight excluding hydrogens is 252 g/mol. The highest BCUT2D eigenvalue weighted by molar-refractivity contribution is 5.58. The second kappa shape index (κ2) is 5.34. The number of nitrogens with one attached hydrogen (secondary N) is 2. The molecule has 0 bridgehead atoms. The van der Waals surface area contributed by atoms with Gasteiger partial charge in [-0.2, -0.15) is 4.98 Å². The first-order valence-electron chi connectivity index (χ1n) is 7.01. The molecule has 3 rings (SSSR count). The normalized spacial score (nSPS) is 22.3. The first-order valence-corrected chi connectivity index (χ1v) is 7.01. The van der Waals surface area contributed by atoms with Crippen LogP contribution in [0.5, 0.6) is 0 Å². The SMILES string of the molecule is Cc1ccccc1-c1noc(CNC2(C)CCNC2)n1. The summed E-state index contributed by atoms with van der Waals surface area (Å²) in [6, 6.07) is 8.06. The van der Waals surface area contributed by atoms with Gasteiger partial charge in [0.2, 0.25) is 11.7 Å². The monoisotopic (exact) mass is 272 g/mol. The van der Waals surface area contributed by atoms with Crippen molar-refractivity contribution in [2.75, 3.05) is 13.1 Å². The lowest BCUT2D eigenvalue weighted by atomic mass is 10.0. The summed E-state index contributed by atoms with van der Waals surface area (Å²) >= 11 is 0. The fourth-order valence-electron chi connectivity index (χ4n) is 2.52. The number of hydrogen-bond donors (Lipinski definition) is 2. The number of aryl methyl sites for hydroxylation is 1. The third-order valence-electron chi connectivity index (χ3n) is 3.89. The molecule has 0 radical (unpaired) electrons. The quantitative estimate of drug-likeness (QED) is 0.890. The highest BCUT2D eigenvalue weighted by Gasteiger charge is 2.28. The summed E-state index contributed by atoms with van der Waals surface area (Å²) in [5.74, 6) is 1.30. The molecule has 5 heteroatoms. The minimum atomic E-state index is 0.122. The Hall–Kier alpha value is -1.72. The molecule has 2 heterocycles. The molecular formula is C15H20N4O. The first kappa shape index (κ1) is 13.3. The average Bonchev–Trinajstić information content (AvgIpc) is 3.07. The predicted octanol–water partition coefficient (Wildman–Crippen LogP) is 1.89. The number of nitrogens with zero attached hydrogens (tertiary/aromatic N) is 2.